The van der Waals surface area contributed by atoms with E-state index in [0.717, 1.165) is 24.9 Å². The van der Waals surface area contributed by atoms with Crippen LogP contribution in [0, 0.1) is 0 Å². The first-order valence-corrected chi connectivity index (χ1v) is 10.7. The number of aromatic nitrogens is 3. The van der Waals surface area contributed by atoms with Crippen molar-refractivity contribution in [2.45, 2.75) is 26.3 Å². The van der Waals surface area contributed by atoms with Gasteiger partial charge in [0.15, 0.2) is 0 Å². The fourth-order valence-electron chi connectivity index (χ4n) is 2.41. The molecule has 0 radical (unpaired) electrons. The Hall–Kier alpha value is -2.20. The van der Waals surface area contributed by atoms with Crippen molar-refractivity contribution in [1.29, 1.82) is 0 Å². The number of hydrogen-bond acceptors (Lipinski definition) is 9. The van der Waals surface area contributed by atoms with Crippen LogP contribution in [-0.2, 0) is 16.0 Å². The van der Waals surface area contributed by atoms with Crippen molar-refractivity contribution in [2.75, 3.05) is 62.0 Å². The topological polar surface area (TPSA) is 119 Å². The molecule has 9 nitrogen and oxygen atoms in total. The van der Waals surface area contributed by atoms with Gasteiger partial charge < -0.3 is 31.2 Å². The molecule has 0 atom stereocenters. The summed E-state index contributed by atoms with van der Waals surface area (Å²) >= 11 is 5.94. The predicted molar refractivity (Wildman–Crippen MR) is 121 cm³/mol. The molecule has 2 aromatic rings. The Morgan fingerprint density at radius 1 is 0.833 bits per heavy atom. The van der Waals surface area contributed by atoms with Gasteiger partial charge in [-0.25, -0.2) is 0 Å². The van der Waals surface area contributed by atoms with E-state index >= 15 is 0 Å². The number of benzene rings is 1. The number of nitrogens with two attached hydrogens (primary N) is 1. The van der Waals surface area contributed by atoms with Crippen LogP contribution in [0.1, 0.15) is 25.3 Å². The summed E-state index contributed by atoms with van der Waals surface area (Å²) in [5.74, 6) is 1.53. The van der Waals surface area contributed by atoms with Crippen molar-refractivity contribution < 1.29 is 9.47 Å². The molecule has 0 saturated heterocycles. The van der Waals surface area contributed by atoms with Gasteiger partial charge in [-0.15, -0.1) is 0 Å². The Kier molecular flexibility index (Phi) is 11.8. The number of anilines is 3. The number of unbranched alkanes of at least 4 members (excludes halogenated alkanes) is 1. The van der Waals surface area contributed by atoms with Crippen molar-refractivity contribution in [2.24, 2.45) is 5.73 Å². The smallest absolute Gasteiger partial charge is 0.229 e. The van der Waals surface area contributed by atoms with Gasteiger partial charge >= 0.3 is 0 Å². The summed E-state index contributed by atoms with van der Waals surface area (Å²) < 4.78 is 10.8. The minimum Gasteiger partial charge on any atom is -0.378 e. The van der Waals surface area contributed by atoms with Crippen molar-refractivity contribution in [3.8, 4) is 0 Å². The monoisotopic (exact) mass is 437 g/mol. The van der Waals surface area contributed by atoms with Crippen LogP contribution in [0.2, 0.25) is 5.02 Å². The standard InChI is InChI=1S/C20H32ClN7O2/c1-2-3-9-23-18-26-19(24-10-12-30-14-13-29-11-8-22)28-20(27-18)25-15-16-4-6-17(21)7-5-16/h4-7H,2-3,8-15,22H2,1H3,(H3,23,24,25,26,27,28). The van der Waals surface area contributed by atoms with E-state index in [4.69, 9.17) is 26.8 Å². The van der Waals surface area contributed by atoms with Crippen LogP contribution >= 0.6 is 11.6 Å². The third-order valence-electron chi connectivity index (χ3n) is 3.98. The zero-order valence-electron chi connectivity index (χ0n) is 17.5. The molecule has 0 fully saturated rings. The van der Waals surface area contributed by atoms with Crippen molar-refractivity contribution in [3.63, 3.8) is 0 Å². The maximum Gasteiger partial charge on any atom is 0.229 e. The Bertz CT molecular complexity index is 719. The second-order valence-electron chi connectivity index (χ2n) is 6.51. The van der Waals surface area contributed by atoms with Gasteiger partial charge in [0.05, 0.1) is 26.4 Å². The fraction of sp³-hybridized carbons (Fsp3) is 0.550. The van der Waals surface area contributed by atoms with Gasteiger partial charge in [0.25, 0.3) is 0 Å². The van der Waals surface area contributed by atoms with Gasteiger partial charge in [0, 0.05) is 31.2 Å². The number of nitrogens with zero attached hydrogens (tertiary/aromatic N) is 3. The van der Waals surface area contributed by atoms with Crippen LogP contribution < -0.4 is 21.7 Å². The molecule has 0 aliphatic heterocycles. The molecule has 10 heteroatoms. The van der Waals surface area contributed by atoms with Crippen molar-refractivity contribution in [1.82, 2.24) is 15.0 Å². The summed E-state index contributed by atoms with van der Waals surface area (Å²) in [6.45, 7) is 6.75. The summed E-state index contributed by atoms with van der Waals surface area (Å²) in [5, 5.41) is 10.4. The van der Waals surface area contributed by atoms with Crippen LogP contribution in [0.3, 0.4) is 0 Å². The van der Waals surface area contributed by atoms with E-state index < -0.39 is 0 Å². The van der Waals surface area contributed by atoms with Crippen LogP contribution in [0.4, 0.5) is 17.8 Å². The van der Waals surface area contributed by atoms with Crippen molar-refractivity contribution >= 4 is 29.4 Å². The largest absolute Gasteiger partial charge is 0.378 e. The maximum absolute atomic E-state index is 5.94. The summed E-state index contributed by atoms with van der Waals surface area (Å²) in [7, 11) is 0. The second-order valence-corrected chi connectivity index (χ2v) is 6.94. The quantitative estimate of drug-likeness (QED) is 0.294. The highest BCUT2D eigenvalue weighted by Gasteiger charge is 2.06. The first-order valence-electron chi connectivity index (χ1n) is 10.3. The second kappa shape index (κ2) is 14.7. The molecule has 1 aromatic carbocycles. The number of hydrogen-bond donors (Lipinski definition) is 4. The van der Waals surface area contributed by atoms with E-state index in [0.29, 0.717) is 68.9 Å². The Morgan fingerprint density at radius 2 is 1.43 bits per heavy atom. The number of halogens is 1. The normalized spacial score (nSPS) is 10.8. The lowest BCUT2D eigenvalue weighted by Crippen LogP contribution is -2.17. The lowest BCUT2D eigenvalue weighted by atomic mass is 10.2. The molecular formula is C20H32ClN7O2. The van der Waals surface area contributed by atoms with Gasteiger partial charge in [-0.1, -0.05) is 37.1 Å². The Balaban J connectivity index is 1.86. The van der Waals surface area contributed by atoms with Crippen LogP contribution in [0.15, 0.2) is 24.3 Å². The highest BCUT2D eigenvalue weighted by Crippen LogP contribution is 2.13. The first-order chi connectivity index (χ1) is 14.7. The molecule has 0 amide bonds. The van der Waals surface area contributed by atoms with Crippen LogP contribution in [0.25, 0.3) is 0 Å². The third kappa shape index (κ3) is 10.0. The molecule has 2 rings (SSSR count). The molecule has 0 unspecified atom stereocenters. The summed E-state index contributed by atoms with van der Waals surface area (Å²) in [6.07, 6.45) is 2.14. The molecule has 0 spiro atoms. The van der Waals surface area contributed by atoms with E-state index in [1.807, 2.05) is 24.3 Å². The molecule has 0 aliphatic rings. The maximum atomic E-state index is 5.94. The van der Waals surface area contributed by atoms with Gasteiger partial charge in [0.1, 0.15) is 0 Å². The number of rotatable bonds is 16. The first kappa shape index (κ1) is 24.1. The lowest BCUT2D eigenvalue weighted by Gasteiger charge is -2.11. The highest BCUT2D eigenvalue weighted by atomic mass is 35.5. The molecular weight excluding hydrogens is 406 g/mol. The molecule has 166 valence electrons. The van der Waals surface area contributed by atoms with E-state index in [-0.39, 0.29) is 0 Å². The minimum atomic E-state index is 0.491. The molecule has 0 saturated carbocycles. The lowest BCUT2D eigenvalue weighted by molar-refractivity contribution is 0.0547. The summed E-state index contributed by atoms with van der Waals surface area (Å²) in [6, 6.07) is 7.64. The SMILES string of the molecule is CCCCNc1nc(NCCOCCOCCN)nc(NCc2ccc(Cl)cc2)n1. The van der Waals surface area contributed by atoms with E-state index in [1.165, 1.54) is 0 Å². The van der Waals surface area contributed by atoms with Crippen molar-refractivity contribution in [3.05, 3.63) is 34.9 Å². The summed E-state index contributed by atoms with van der Waals surface area (Å²) in [5.41, 5.74) is 6.45. The minimum absolute atomic E-state index is 0.491. The molecule has 30 heavy (non-hydrogen) atoms. The molecule has 1 heterocycles. The molecule has 0 bridgehead atoms. The number of ether oxygens (including phenoxy) is 2. The predicted octanol–water partition coefficient (Wildman–Crippen LogP) is 2.75. The Morgan fingerprint density at radius 3 is 2.07 bits per heavy atom. The fourth-order valence-corrected chi connectivity index (χ4v) is 2.54. The van der Waals surface area contributed by atoms with E-state index in [2.05, 4.69) is 37.8 Å². The average Bonchev–Trinajstić information content (AvgIpc) is 2.75. The summed E-state index contributed by atoms with van der Waals surface area (Å²) in [4.78, 5) is 13.3. The Labute approximate surface area is 183 Å². The van der Waals surface area contributed by atoms with E-state index in [9.17, 15) is 0 Å². The molecule has 5 N–H and O–H groups in total. The third-order valence-corrected chi connectivity index (χ3v) is 4.23. The average molecular weight is 438 g/mol. The van der Waals surface area contributed by atoms with Gasteiger partial charge in [-0.3, -0.25) is 0 Å². The molecule has 1 aromatic heterocycles. The van der Waals surface area contributed by atoms with E-state index in [1.54, 1.807) is 0 Å². The molecule has 0 aliphatic carbocycles. The van der Waals surface area contributed by atoms with Gasteiger partial charge in [0.2, 0.25) is 17.8 Å². The van der Waals surface area contributed by atoms with Gasteiger partial charge in [-0.05, 0) is 24.1 Å². The highest BCUT2D eigenvalue weighted by molar-refractivity contribution is 6.30. The van der Waals surface area contributed by atoms with Gasteiger partial charge in [-0.2, -0.15) is 15.0 Å². The zero-order valence-corrected chi connectivity index (χ0v) is 18.2. The van der Waals surface area contributed by atoms with Crippen LogP contribution in [-0.4, -0.2) is 61.0 Å². The zero-order chi connectivity index (χ0) is 21.4. The van der Waals surface area contributed by atoms with Crippen LogP contribution in [0.5, 0.6) is 0 Å². The number of nitrogens with one attached hydrogen (secondary N) is 3.